The number of nitrogens with one attached hydrogen (secondary N) is 1. The van der Waals surface area contributed by atoms with E-state index in [-0.39, 0.29) is 10.9 Å². The van der Waals surface area contributed by atoms with Crippen LogP contribution in [0.2, 0.25) is 0 Å². The molecule has 0 spiro atoms. The third kappa shape index (κ3) is 3.70. The van der Waals surface area contributed by atoms with E-state index in [4.69, 9.17) is 4.42 Å². The van der Waals surface area contributed by atoms with Gasteiger partial charge in [0.05, 0.1) is 6.54 Å². The van der Waals surface area contributed by atoms with Gasteiger partial charge in [-0.25, -0.2) is 8.42 Å². The molecule has 0 bridgehead atoms. The van der Waals surface area contributed by atoms with E-state index in [0.29, 0.717) is 23.5 Å². The standard InChI is InChI=1S/C14H23BrN2O3S/c1-3-17(11-7-5-4-6-8-11)21(18,19)13-9-12(10-16-2)20-14(13)15/h9,11,16H,3-8,10H2,1-2H3. The number of rotatable bonds is 6. The second-order valence-corrected chi connectivity index (χ2v) is 7.96. The van der Waals surface area contributed by atoms with Gasteiger partial charge in [-0.05, 0) is 35.8 Å². The van der Waals surface area contributed by atoms with E-state index in [1.165, 1.54) is 6.42 Å². The van der Waals surface area contributed by atoms with Crippen molar-refractivity contribution in [2.45, 2.75) is 56.5 Å². The lowest BCUT2D eigenvalue weighted by molar-refractivity contribution is 0.261. The SMILES string of the molecule is CCN(C1CCCCC1)S(=O)(=O)c1cc(CNC)oc1Br. The van der Waals surface area contributed by atoms with Gasteiger partial charge >= 0.3 is 0 Å². The number of hydrogen-bond acceptors (Lipinski definition) is 4. The lowest BCUT2D eigenvalue weighted by Gasteiger charge is -2.32. The second-order valence-electron chi connectivity index (χ2n) is 5.38. The van der Waals surface area contributed by atoms with Crippen LogP contribution in [-0.2, 0) is 16.6 Å². The first-order valence-electron chi connectivity index (χ1n) is 7.45. The number of hydrogen-bond donors (Lipinski definition) is 1. The van der Waals surface area contributed by atoms with Gasteiger partial charge in [-0.3, -0.25) is 0 Å². The van der Waals surface area contributed by atoms with Crippen molar-refractivity contribution in [3.8, 4) is 0 Å². The molecule has 0 aromatic carbocycles. The average Bonchev–Trinajstić information content (AvgIpc) is 2.82. The molecule has 1 aliphatic carbocycles. The van der Waals surface area contributed by atoms with Gasteiger partial charge in [0.1, 0.15) is 10.7 Å². The molecular weight excluding hydrogens is 356 g/mol. The largest absolute Gasteiger partial charge is 0.452 e. The molecule has 1 saturated carbocycles. The lowest BCUT2D eigenvalue weighted by atomic mass is 9.95. The fourth-order valence-electron chi connectivity index (χ4n) is 2.95. The van der Waals surface area contributed by atoms with Gasteiger partial charge in [0.25, 0.3) is 0 Å². The Kier molecular flexibility index (Phi) is 5.88. The molecule has 0 atom stereocenters. The van der Waals surface area contributed by atoms with Gasteiger partial charge in [0.15, 0.2) is 4.67 Å². The Morgan fingerprint density at radius 3 is 2.62 bits per heavy atom. The lowest BCUT2D eigenvalue weighted by Crippen LogP contribution is -2.41. The summed E-state index contributed by atoms with van der Waals surface area (Å²) in [6.07, 6.45) is 5.32. The number of halogens is 1. The Labute approximate surface area is 135 Å². The fourth-order valence-corrected chi connectivity index (χ4v) is 5.61. The minimum atomic E-state index is -3.51. The molecule has 0 amide bonds. The molecule has 1 aliphatic rings. The molecular formula is C14H23BrN2O3S. The number of sulfonamides is 1. The van der Waals surface area contributed by atoms with Crippen molar-refractivity contribution in [3.63, 3.8) is 0 Å². The van der Waals surface area contributed by atoms with Gasteiger partial charge in [0, 0.05) is 18.7 Å². The van der Waals surface area contributed by atoms with E-state index in [0.717, 1.165) is 25.7 Å². The summed E-state index contributed by atoms with van der Waals surface area (Å²) in [4.78, 5) is 0.236. The van der Waals surface area contributed by atoms with Crippen molar-refractivity contribution in [1.29, 1.82) is 0 Å². The molecule has 0 unspecified atom stereocenters. The molecule has 21 heavy (non-hydrogen) atoms. The minimum Gasteiger partial charge on any atom is -0.452 e. The Bertz CT molecular complexity index is 565. The van der Waals surface area contributed by atoms with Crippen molar-refractivity contribution in [3.05, 3.63) is 16.5 Å². The molecule has 1 N–H and O–H groups in total. The highest BCUT2D eigenvalue weighted by Crippen LogP contribution is 2.32. The molecule has 5 nitrogen and oxygen atoms in total. The third-order valence-corrected chi connectivity index (χ3v) is 6.82. The summed E-state index contributed by atoms with van der Waals surface area (Å²) >= 11 is 3.24. The first-order chi connectivity index (χ1) is 10.0. The highest BCUT2D eigenvalue weighted by Gasteiger charge is 2.34. The number of furan rings is 1. The molecule has 1 aromatic rings. The predicted octanol–water partition coefficient (Wildman–Crippen LogP) is 3.10. The van der Waals surface area contributed by atoms with Crippen LogP contribution in [0, 0.1) is 0 Å². The summed E-state index contributed by atoms with van der Waals surface area (Å²) in [7, 11) is -1.72. The molecule has 1 heterocycles. The maximum atomic E-state index is 12.9. The molecule has 2 rings (SSSR count). The zero-order chi connectivity index (χ0) is 15.5. The van der Waals surface area contributed by atoms with E-state index >= 15 is 0 Å². The second kappa shape index (κ2) is 7.26. The Hall–Kier alpha value is -0.370. The first-order valence-corrected chi connectivity index (χ1v) is 9.68. The average molecular weight is 379 g/mol. The van der Waals surface area contributed by atoms with Gasteiger partial charge in [-0.1, -0.05) is 26.2 Å². The molecule has 120 valence electrons. The van der Waals surface area contributed by atoms with Crippen molar-refractivity contribution in [1.82, 2.24) is 9.62 Å². The van der Waals surface area contributed by atoms with Gasteiger partial charge in [0.2, 0.25) is 10.0 Å². The van der Waals surface area contributed by atoms with Crippen LogP contribution in [0.25, 0.3) is 0 Å². The summed E-state index contributed by atoms with van der Waals surface area (Å²) in [5, 5.41) is 2.96. The van der Waals surface area contributed by atoms with E-state index in [1.807, 2.05) is 6.92 Å². The minimum absolute atomic E-state index is 0.114. The smallest absolute Gasteiger partial charge is 0.247 e. The van der Waals surface area contributed by atoms with Crippen molar-refractivity contribution in [2.24, 2.45) is 0 Å². The highest BCUT2D eigenvalue weighted by atomic mass is 79.9. The van der Waals surface area contributed by atoms with Crippen molar-refractivity contribution < 1.29 is 12.8 Å². The van der Waals surface area contributed by atoms with E-state index in [2.05, 4.69) is 21.2 Å². The Morgan fingerprint density at radius 1 is 1.38 bits per heavy atom. The zero-order valence-electron chi connectivity index (χ0n) is 12.6. The van der Waals surface area contributed by atoms with Crippen molar-refractivity contribution in [2.75, 3.05) is 13.6 Å². The molecule has 7 heteroatoms. The quantitative estimate of drug-likeness (QED) is 0.825. The van der Waals surface area contributed by atoms with Crippen LogP contribution in [0.5, 0.6) is 0 Å². The van der Waals surface area contributed by atoms with E-state index < -0.39 is 10.0 Å². The first kappa shape index (κ1) is 17.0. The molecule has 1 fully saturated rings. The Balaban J connectivity index is 2.30. The maximum absolute atomic E-state index is 12.9. The summed E-state index contributed by atoms with van der Waals surface area (Å²) in [6, 6.07) is 1.73. The van der Waals surface area contributed by atoms with Crippen LogP contribution in [0.1, 0.15) is 44.8 Å². The summed E-state index contributed by atoms with van der Waals surface area (Å²) in [5.41, 5.74) is 0. The van der Waals surface area contributed by atoms with E-state index in [9.17, 15) is 8.42 Å². The van der Waals surface area contributed by atoms with Crippen LogP contribution in [0.4, 0.5) is 0 Å². The maximum Gasteiger partial charge on any atom is 0.247 e. The van der Waals surface area contributed by atoms with Crippen molar-refractivity contribution >= 4 is 26.0 Å². The van der Waals surface area contributed by atoms with Crippen LogP contribution < -0.4 is 5.32 Å². The summed E-state index contributed by atoms with van der Waals surface area (Å²) < 4.78 is 33.2. The monoisotopic (exact) mass is 378 g/mol. The topological polar surface area (TPSA) is 62.6 Å². The fraction of sp³-hybridized carbons (Fsp3) is 0.714. The van der Waals surface area contributed by atoms with Crippen LogP contribution in [-0.4, -0.2) is 32.4 Å². The van der Waals surface area contributed by atoms with Gasteiger partial charge < -0.3 is 9.73 Å². The molecule has 1 aromatic heterocycles. The van der Waals surface area contributed by atoms with Gasteiger partial charge in [-0.15, -0.1) is 0 Å². The van der Waals surface area contributed by atoms with Crippen LogP contribution >= 0.6 is 15.9 Å². The number of nitrogens with zero attached hydrogens (tertiary/aromatic N) is 1. The normalized spacial score (nSPS) is 17.5. The van der Waals surface area contributed by atoms with Crippen LogP contribution in [0.15, 0.2) is 20.0 Å². The predicted molar refractivity (Wildman–Crippen MR) is 85.6 cm³/mol. The zero-order valence-corrected chi connectivity index (χ0v) is 15.0. The highest BCUT2D eigenvalue weighted by molar-refractivity contribution is 9.10. The molecule has 0 aliphatic heterocycles. The molecule has 0 saturated heterocycles. The molecule has 0 radical (unpaired) electrons. The summed E-state index contributed by atoms with van der Waals surface area (Å²) in [5.74, 6) is 0.614. The van der Waals surface area contributed by atoms with Crippen LogP contribution in [0.3, 0.4) is 0 Å². The Morgan fingerprint density at radius 2 is 2.05 bits per heavy atom. The third-order valence-electron chi connectivity index (χ3n) is 3.94. The van der Waals surface area contributed by atoms with Gasteiger partial charge in [-0.2, -0.15) is 4.31 Å². The van der Waals surface area contributed by atoms with E-state index in [1.54, 1.807) is 17.4 Å². The summed E-state index contributed by atoms with van der Waals surface area (Å²) in [6.45, 7) is 2.89.